The van der Waals surface area contributed by atoms with Crippen molar-refractivity contribution in [1.82, 2.24) is 9.88 Å². The predicted octanol–water partition coefficient (Wildman–Crippen LogP) is 2.85. The molecular weight excluding hydrogens is 431 g/mol. The maximum absolute atomic E-state index is 13.7. The summed E-state index contributed by atoms with van der Waals surface area (Å²) < 4.78 is 19.2. The van der Waals surface area contributed by atoms with Gasteiger partial charge < -0.3 is 20.5 Å². The van der Waals surface area contributed by atoms with E-state index in [1.54, 1.807) is 13.1 Å². The molecule has 2 aliphatic heterocycles. The molecule has 0 spiro atoms. The number of aliphatic hydroxyl groups excluding tert-OH is 1. The van der Waals surface area contributed by atoms with Gasteiger partial charge in [0.15, 0.2) is 17.1 Å². The first-order chi connectivity index (χ1) is 14.4. The van der Waals surface area contributed by atoms with Gasteiger partial charge in [-0.05, 0) is 31.0 Å². The molecule has 0 radical (unpaired) electrons. The van der Waals surface area contributed by atoms with Crippen molar-refractivity contribution in [3.05, 3.63) is 62.5 Å². The largest absolute Gasteiger partial charge is 0.369 e. The van der Waals surface area contributed by atoms with Gasteiger partial charge in [-0.2, -0.15) is 0 Å². The number of amides is 1. The number of ether oxygens (including phenoxy) is 1. The van der Waals surface area contributed by atoms with E-state index in [0.29, 0.717) is 40.6 Å². The monoisotopic (exact) mass is 450 g/mol. The fourth-order valence-corrected chi connectivity index (χ4v) is 4.84. The molecule has 10 heteroatoms. The number of fused-ring (bicyclic) bond motifs is 1. The minimum Gasteiger partial charge on any atom is -0.369 e. The first-order valence-corrected chi connectivity index (χ1v) is 10.7. The number of primary amides is 1. The second kappa shape index (κ2) is 8.43. The molecule has 1 amide bonds. The molecule has 3 N–H and O–H groups in total. The quantitative estimate of drug-likeness (QED) is 0.659. The first kappa shape index (κ1) is 20.9. The number of nitrogens with two attached hydrogens (primary N) is 1. The molecule has 3 unspecified atom stereocenters. The highest BCUT2D eigenvalue weighted by molar-refractivity contribution is 7.11. The van der Waals surface area contributed by atoms with Gasteiger partial charge in [-0.1, -0.05) is 17.7 Å². The molecular formula is C20H20ClFN4O3S. The summed E-state index contributed by atoms with van der Waals surface area (Å²) in [5.41, 5.74) is 7.11. The van der Waals surface area contributed by atoms with Crippen molar-refractivity contribution in [2.45, 2.75) is 25.7 Å². The van der Waals surface area contributed by atoms with Gasteiger partial charge in [-0.3, -0.25) is 9.79 Å². The van der Waals surface area contributed by atoms with Gasteiger partial charge >= 0.3 is 0 Å². The summed E-state index contributed by atoms with van der Waals surface area (Å²) in [6, 6.07) is 3.21. The van der Waals surface area contributed by atoms with Crippen LogP contribution in [0.2, 0.25) is 5.02 Å². The second-order valence-corrected chi connectivity index (χ2v) is 8.20. The van der Waals surface area contributed by atoms with E-state index in [1.165, 1.54) is 29.5 Å². The SMILES string of the molecule is CCOC(O)C1=C2C(C(N)=O)CCN2C(c2nccs2)=NC1c1ccc(F)cc1Cl. The predicted molar refractivity (Wildman–Crippen MR) is 111 cm³/mol. The molecule has 30 heavy (non-hydrogen) atoms. The van der Waals surface area contributed by atoms with Crippen LogP contribution in [0.5, 0.6) is 0 Å². The molecule has 3 atom stereocenters. The first-order valence-electron chi connectivity index (χ1n) is 9.45. The van der Waals surface area contributed by atoms with Crippen LogP contribution in [0.1, 0.15) is 30.0 Å². The van der Waals surface area contributed by atoms with Gasteiger partial charge in [0.2, 0.25) is 5.91 Å². The molecule has 3 heterocycles. The summed E-state index contributed by atoms with van der Waals surface area (Å²) in [5.74, 6) is -1.05. The zero-order valence-electron chi connectivity index (χ0n) is 16.1. The van der Waals surface area contributed by atoms with Crippen LogP contribution >= 0.6 is 22.9 Å². The number of aliphatic hydroxyl groups is 1. The Labute approximate surface area is 181 Å². The summed E-state index contributed by atoms with van der Waals surface area (Å²) in [7, 11) is 0. The van der Waals surface area contributed by atoms with Crippen molar-refractivity contribution in [3.63, 3.8) is 0 Å². The van der Waals surface area contributed by atoms with Crippen LogP contribution < -0.4 is 5.73 Å². The number of rotatable bonds is 6. The van der Waals surface area contributed by atoms with Crippen LogP contribution in [0.4, 0.5) is 4.39 Å². The average Bonchev–Trinajstić information content (AvgIpc) is 3.37. The smallest absolute Gasteiger partial charge is 0.226 e. The number of nitrogens with zero attached hydrogens (tertiary/aromatic N) is 3. The van der Waals surface area contributed by atoms with E-state index in [1.807, 2.05) is 10.3 Å². The summed E-state index contributed by atoms with van der Waals surface area (Å²) in [6.45, 7) is 2.49. The Kier molecular flexibility index (Phi) is 5.88. The van der Waals surface area contributed by atoms with Gasteiger partial charge in [0.1, 0.15) is 11.9 Å². The Morgan fingerprint density at radius 2 is 2.33 bits per heavy atom. The molecule has 0 bridgehead atoms. The fourth-order valence-electron chi connectivity index (χ4n) is 3.93. The zero-order chi connectivity index (χ0) is 21.4. The number of amidine groups is 1. The molecule has 158 valence electrons. The lowest BCUT2D eigenvalue weighted by atomic mass is 9.90. The van der Waals surface area contributed by atoms with Crippen molar-refractivity contribution in [1.29, 1.82) is 0 Å². The fraction of sp³-hybridized carbons (Fsp3) is 0.350. The highest BCUT2D eigenvalue weighted by Gasteiger charge is 2.44. The zero-order valence-corrected chi connectivity index (χ0v) is 17.7. The van der Waals surface area contributed by atoms with Crippen molar-refractivity contribution in [2.75, 3.05) is 13.2 Å². The number of aromatic nitrogens is 1. The second-order valence-electron chi connectivity index (χ2n) is 6.90. The van der Waals surface area contributed by atoms with Crippen molar-refractivity contribution < 1.29 is 19.0 Å². The molecule has 1 aromatic heterocycles. The third-order valence-electron chi connectivity index (χ3n) is 5.17. The van der Waals surface area contributed by atoms with Gasteiger partial charge in [0.25, 0.3) is 0 Å². The van der Waals surface area contributed by atoms with Crippen molar-refractivity contribution >= 4 is 34.7 Å². The van der Waals surface area contributed by atoms with Crippen LogP contribution in [0.3, 0.4) is 0 Å². The van der Waals surface area contributed by atoms with Gasteiger partial charge in [0.05, 0.1) is 5.92 Å². The number of hydrogen-bond donors (Lipinski definition) is 2. The van der Waals surface area contributed by atoms with Crippen LogP contribution in [0.15, 0.2) is 46.0 Å². The molecule has 4 rings (SSSR count). The number of aliphatic imine (C=N–C) groups is 1. The van der Waals surface area contributed by atoms with Crippen LogP contribution in [-0.4, -0.2) is 46.2 Å². The maximum Gasteiger partial charge on any atom is 0.226 e. The minimum absolute atomic E-state index is 0.158. The molecule has 1 aromatic carbocycles. The van der Waals surface area contributed by atoms with E-state index in [-0.39, 0.29) is 11.6 Å². The number of carbonyl (C=O) groups excluding carboxylic acids is 1. The van der Waals surface area contributed by atoms with Gasteiger partial charge in [0, 0.05) is 41.0 Å². The molecule has 0 saturated carbocycles. The average molecular weight is 451 g/mol. The number of benzene rings is 1. The maximum atomic E-state index is 13.7. The molecule has 1 fully saturated rings. The summed E-state index contributed by atoms with van der Waals surface area (Å²) >= 11 is 7.75. The molecule has 1 saturated heterocycles. The molecule has 7 nitrogen and oxygen atoms in total. The lowest BCUT2D eigenvalue weighted by Crippen LogP contribution is -2.39. The normalized spacial score (nSPS) is 22.1. The van der Waals surface area contributed by atoms with Crippen LogP contribution in [-0.2, 0) is 9.53 Å². The number of halogens is 2. The highest BCUT2D eigenvalue weighted by Crippen LogP contribution is 2.45. The number of thiazole rings is 1. The van der Waals surface area contributed by atoms with E-state index in [9.17, 15) is 14.3 Å². The number of hydrogen-bond acceptors (Lipinski definition) is 7. The van der Waals surface area contributed by atoms with E-state index in [4.69, 9.17) is 27.1 Å². The molecule has 0 aliphatic carbocycles. The third kappa shape index (κ3) is 3.62. The van der Waals surface area contributed by atoms with Crippen molar-refractivity contribution in [3.8, 4) is 0 Å². The summed E-state index contributed by atoms with van der Waals surface area (Å²) in [4.78, 5) is 23.3. The molecule has 2 aromatic rings. The Morgan fingerprint density at radius 3 is 2.97 bits per heavy atom. The Morgan fingerprint density at radius 1 is 1.53 bits per heavy atom. The summed E-state index contributed by atoms with van der Waals surface area (Å²) in [5, 5.41) is 13.5. The summed E-state index contributed by atoms with van der Waals surface area (Å²) in [6.07, 6.45) is 0.805. The van der Waals surface area contributed by atoms with Crippen molar-refractivity contribution in [2.24, 2.45) is 16.6 Å². The van der Waals surface area contributed by atoms with Crippen LogP contribution in [0, 0.1) is 11.7 Å². The lowest BCUT2D eigenvalue weighted by molar-refractivity contribution is -0.120. The number of carbonyl (C=O) groups is 1. The highest BCUT2D eigenvalue weighted by atomic mass is 35.5. The Hall–Kier alpha value is -2.33. The van der Waals surface area contributed by atoms with E-state index in [0.717, 1.165) is 0 Å². The Balaban J connectivity index is 1.96. The van der Waals surface area contributed by atoms with Gasteiger partial charge in [-0.25, -0.2) is 9.37 Å². The topological polar surface area (TPSA) is 101 Å². The van der Waals surface area contributed by atoms with E-state index >= 15 is 0 Å². The Bertz CT molecular complexity index is 1030. The van der Waals surface area contributed by atoms with Crippen LogP contribution in [0.25, 0.3) is 0 Å². The van der Waals surface area contributed by atoms with E-state index in [2.05, 4.69) is 4.98 Å². The van der Waals surface area contributed by atoms with E-state index < -0.39 is 30.0 Å². The molecule has 2 aliphatic rings. The lowest BCUT2D eigenvalue weighted by Gasteiger charge is -2.35. The minimum atomic E-state index is -1.33. The standard InChI is InChI=1S/C20H20ClFN4O3S/c1-2-29-20(28)14-15(11-4-3-10(22)9-13(11)21)25-18(19-24-6-8-30-19)26-7-5-12(16(14)26)17(23)27/h3-4,6,8-9,12,15,20,28H,2,5,7H2,1H3,(H2,23,27). The van der Waals surface area contributed by atoms with Gasteiger partial charge in [-0.15, -0.1) is 11.3 Å². The third-order valence-corrected chi connectivity index (χ3v) is 6.27.